The van der Waals surface area contributed by atoms with E-state index in [1.807, 2.05) is 42.1 Å². The highest BCUT2D eigenvalue weighted by Crippen LogP contribution is 2.30. The van der Waals surface area contributed by atoms with Crippen molar-refractivity contribution in [2.75, 3.05) is 0 Å². The molecular weight excluding hydrogens is 303 g/mol. The quantitative estimate of drug-likeness (QED) is 0.613. The largest absolute Gasteiger partial charge is 0.240 e. The van der Waals surface area contributed by atoms with E-state index >= 15 is 0 Å². The fraction of sp³-hybridized carbons (Fsp3) is 0.118. The van der Waals surface area contributed by atoms with Crippen LogP contribution in [0.25, 0.3) is 16.8 Å². The second-order valence-corrected chi connectivity index (χ2v) is 5.85. The number of benzene rings is 2. The first-order chi connectivity index (χ1) is 10.0. The number of rotatable bonds is 2. The minimum atomic E-state index is 0.561. The third-order valence-electron chi connectivity index (χ3n) is 3.43. The third kappa shape index (κ3) is 2.82. The Morgan fingerprint density at radius 3 is 2.24 bits per heavy atom. The Balaban J connectivity index is 2.10. The number of nitrogens with zero attached hydrogens (tertiary/aromatic N) is 2. The van der Waals surface area contributed by atoms with E-state index in [1.54, 1.807) is 0 Å². The van der Waals surface area contributed by atoms with Crippen molar-refractivity contribution in [2.24, 2.45) is 0 Å². The molecule has 0 aliphatic carbocycles. The minimum absolute atomic E-state index is 0.561. The molecule has 3 rings (SSSR count). The average molecular weight is 317 g/mol. The molecule has 1 heterocycles. The molecule has 0 saturated carbocycles. The number of hydrogen-bond acceptors (Lipinski definition) is 1. The summed E-state index contributed by atoms with van der Waals surface area (Å²) in [4.78, 5) is 0. The van der Waals surface area contributed by atoms with Crippen molar-refractivity contribution >= 4 is 23.2 Å². The first-order valence-corrected chi connectivity index (χ1v) is 7.39. The molecule has 0 spiro atoms. The standard InChI is InChI=1S/C17H14Cl2N2/c1-11-3-4-14(13-5-6-15(18)16(19)9-13)10-17(11)21-8-7-12(2)20-21/h3-10H,1-2H3. The van der Waals surface area contributed by atoms with Crippen molar-refractivity contribution in [3.63, 3.8) is 0 Å². The molecule has 2 nitrogen and oxygen atoms in total. The summed E-state index contributed by atoms with van der Waals surface area (Å²) in [5, 5.41) is 5.60. The Morgan fingerprint density at radius 2 is 1.57 bits per heavy atom. The summed E-state index contributed by atoms with van der Waals surface area (Å²) in [5.41, 5.74) is 5.35. The van der Waals surface area contributed by atoms with Crippen LogP contribution in [0.15, 0.2) is 48.7 Å². The van der Waals surface area contributed by atoms with E-state index in [-0.39, 0.29) is 0 Å². The van der Waals surface area contributed by atoms with Gasteiger partial charge in [-0.3, -0.25) is 0 Å². The monoisotopic (exact) mass is 316 g/mol. The molecule has 0 saturated heterocycles. The van der Waals surface area contributed by atoms with Crippen LogP contribution in [0.1, 0.15) is 11.3 Å². The molecule has 0 amide bonds. The fourth-order valence-electron chi connectivity index (χ4n) is 2.26. The molecular formula is C17H14Cl2N2. The summed E-state index contributed by atoms with van der Waals surface area (Å²) in [6.45, 7) is 4.06. The van der Waals surface area contributed by atoms with Gasteiger partial charge in [-0.25, -0.2) is 4.68 Å². The highest BCUT2D eigenvalue weighted by atomic mass is 35.5. The van der Waals surface area contributed by atoms with Crippen LogP contribution in [-0.2, 0) is 0 Å². The van der Waals surface area contributed by atoms with E-state index < -0.39 is 0 Å². The molecule has 0 aliphatic heterocycles. The van der Waals surface area contributed by atoms with Crippen molar-refractivity contribution in [3.8, 4) is 16.8 Å². The maximum absolute atomic E-state index is 6.11. The predicted molar refractivity (Wildman–Crippen MR) is 88.5 cm³/mol. The summed E-state index contributed by atoms with van der Waals surface area (Å²) in [7, 11) is 0. The maximum Gasteiger partial charge on any atom is 0.0680 e. The molecule has 0 unspecified atom stereocenters. The van der Waals surface area contributed by atoms with E-state index in [4.69, 9.17) is 23.2 Å². The van der Waals surface area contributed by atoms with E-state index in [1.165, 1.54) is 5.56 Å². The Morgan fingerprint density at radius 1 is 0.857 bits per heavy atom. The molecule has 0 aliphatic rings. The van der Waals surface area contributed by atoms with Crippen molar-refractivity contribution in [3.05, 3.63) is 70.0 Å². The highest BCUT2D eigenvalue weighted by Gasteiger charge is 2.07. The summed E-state index contributed by atoms with van der Waals surface area (Å²) in [6, 6.07) is 13.9. The first kappa shape index (κ1) is 14.2. The number of hydrogen-bond donors (Lipinski definition) is 0. The van der Waals surface area contributed by atoms with Gasteiger partial charge in [-0.1, -0.05) is 41.4 Å². The number of aryl methyl sites for hydroxylation is 2. The Labute approximate surface area is 133 Å². The topological polar surface area (TPSA) is 17.8 Å². The van der Waals surface area contributed by atoms with Crippen LogP contribution in [0.4, 0.5) is 0 Å². The minimum Gasteiger partial charge on any atom is -0.240 e. The zero-order chi connectivity index (χ0) is 15.0. The lowest BCUT2D eigenvalue weighted by Gasteiger charge is -2.10. The van der Waals surface area contributed by atoms with Crippen LogP contribution in [0.2, 0.25) is 10.0 Å². The molecule has 21 heavy (non-hydrogen) atoms. The fourth-order valence-corrected chi connectivity index (χ4v) is 2.56. The van der Waals surface area contributed by atoms with Gasteiger partial charge in [-0.05, 0) is 54.8 Å². The average Bonchev–Trinajstić information content (AvgIpc) is 2.89. The molecule has 0 radical (unpaired) electrons. The van der Waals surface area contributed by atoms with Crippen LogP contribution in [0.5, 0.6) is 0 Å². The second kappa shape index (κ2) is 5.55. The lowest BCUT2D eigenvalue weighted by atomic mass is 10.0. The van der Waals surface area contributed by atoms with Crippen LogP contribution in [-0.4, -0.2) is 9.78 Å². The molecule has 0 atom stereocenters. The van der Waals surface area contributed by atoms with Gasteiger partial charge in [0.25, 0.3) is 0 Å². The predicted octanol–water partition coefficient (Wildman–Crippen LogP) is 5.46. The van der Waals surface area contributed by atoms with Crippen LogP contribution in [0.3, 0.4) is 0 Å². The first-order valence-electron chi connectivity index (χ1n) is 6.63. The van der Waals surface area contributed by atoms with E-state index in [2.05, 4.69) is 30.2 Å². The van der Waals surface area contributed by atoms with Crippen molar-refractivity contribution in [1.29, 1.82) is 0 Å². The zero-order valence-electron chi connectivity index (χ0n) is 11.8. The number of aromatic nitrogens is 2. The Bertz CT molecular complexity index is 806. The Hall–Kier alpha value is -1.77. The van der Waals surface area contributed by atoms with Gasteiger partial charge < -0.3 is 0 Å². The van der Waals surface area contributed by atoms with Gasteiger partial charge >= 0.3 is 0 Å². The van der Waals surface area contributed by atoms with Crippen molar-refractivity contribution in [1.82, 2.24) is 9.78 Å². The lowest BCUT2D eigenvalue weighted by molar-refractivity contribution is 0.856. The van der Waals surface area contributed by atoms with Gasteiger partial charge in [-0.15, -0.1) is 0 Å². The van der Waals surface area contributed by atoms with Crippen LogP contribution < -0.4 is 0 Å². The molecule has 0 N–H and O–H groups in total. The molecule has 3 aromatic rings. The van der Waals surface area contributed by atoms with Crippen molar-refractivity contribution in [2.45, 2.75) is 13.8 Å². The summed E-state index contributed by atoms with van der Waals surface area (Å²) >= 11 is 12.1. The van der Waals surface area contributed by atoms with Crippen LogP contribution >= 0.6 is 23.2 Å². The normalized spacial score (nSPS) is 10.9. The van der Waals surface area contributed by atoms with E-state index in [0.29, 0.717) is 10.0 Å². The molecule has 0 fully saturated rings. The lowest BCUT2D eigenvalue weighted by Crippen LogP contribution is -1.98. The molecule has 0 bridgehead atoms. The smallest absolute Gasteiger partial charge is 0.0680 e. The molecule has 2 aromatic carbocycles. The number of halogens is 2. The maximum atomic E-state index is 6.11. The van der Waals surface area contributed by atoms with Gasteiger partial charge in [0, 0.05) is 6.20 Å². The second-order valence-electron chi connectivity index (χ2n) is 5.03. The van der Waals surface area contributed by atoms with Gasteiger partial charge in [0.1, 0.15) is 0 Å². The molecule has 1 aromatic heterocycles. The van der Waals surface area contributed by atoms with Crippen molar-refractivity contribution < 1.29 is 0 Å². The van der Waals surface area contributed by atoms with Gasteiger partial charge in [0.2, 0.25) is 0 Å². The summed E-state index contributed by atoms with van der Waals surface area (Å²) in [5.74, 6) is 0. The summed E-state index contributed by atoms with van der Waals surface area (Å²) < 4.78 is 1.89. The van der Waals surface area contributed by atoms with Crippen LogP contribution in [0, 0.1) is 13.8 Å². The molecule has 106 valence electrons. The summed E-state index contributed by atoms with van der Waals surface area (Å²) in [6.07, 6.45) is 1.97. The zero-order valence-corrected chi connectivity index (χ0v) is 13.3. The van der Waals surface area contributed by atoms with E-state index in [0.717, 1.165) is 22.5 Å². The Kier molecular flexibility index (Phi) is 3.75. The van der Waals surface area contributed by atoms with Gasteiger partial charge in [0.05, 0.1) is 21.4 Å². The third-order valence-corrected chi connectivity index (χ3v) is 4.17. The van der Waals surface area contributed by atoms with Gasteiger partial charge in [0.15, 0.2) is 0 Å². The SMILES string of the molecule is Cc1ccn(-c2cc(-c3ccc(Cl)c(Cl)c3)ccc2C)n1. The molecule has 4 heteroatoms. The van der Waals surface area contributed by atoms with E-state index in [9.17, 15) is 0 Å². The van der Waals surface area contributed by atoms with Gasteiger partial charge in [-0.2, -0.15) is 5.10 Å². The highest BCUT2D eigenvalue weighted by molar-refractivity contribution is 6.42.